The molecule has 1 aromatic carbocycles. The lowest BCUT2D eigenvalue weighted by Crippen LogP contribution is -2.40. The molecule has 0 saturated carbocycles. The number of amides is 1. The molecule has 1 aliphatic rings. The highest BCUT2D eigenvalue weighted by Crippen LogP contribution is 2.32. The zero-order valence-corrected chi connectivity index (χ0v) is 15.1. The minimum Gasteiger partial charge on any atom is -0.336 e. The van der Waals surface area contributed by atoms with E-state index in [0.717, 1.165) is 36.5 Å². The van der Waals surface area contributed by atoms with E-state index in [-0.39, 0.29) is 17.5 Å². The predicted molar refractivity (Wildman–Crippen MR) is 91.4 cm³/mol. The quantitative estimate of drug-likeness (QED) is 0.665. The first-order valence-electron chi connectivity index (χ1n) is 8.35. The molecule has 1 amide bonds. The minimum absolute atomic E-state index is 0.129. The van der Waals surface area contributed by atoms with Crippen LogP contribution in [0.25, 0.3) is 11.0 Å². The van der Waals surface area contributed by atoms with Gasteiger partial charge in [0, 0.05) is 13.1 Å². The van der Waals surface area contributed by atoms with Gasteiger partial charge in [-0.25, -0.2) is 4.68 Å². The highest BCUT2D eigenvalue weighted by atomic mass is 32.1. The van der Waals surface area contributed by atoms with Crippen LogP contribution in [0.3, 0.4) is 0 Å². The van der Waals surface area contributed by atoms with E-state index in [1.807, 2.05) is 0 Å². The van der Waals surface area contributed by atoms with Crippen molar-refractivity contribution in [2.24, 2.45) is 0 Å². The summed E-state index contributed by atoms with van der Waals surface area (Å²) in [5, 5.41) is 11.8. The van der Waals surface area contributed by atoms with Crippen LogP contribution in [0.4, 0.5) is 13.2 Å². The molecule has 27 heavy (non-hydrogen) atoms. The Balaban J connectivity index is 1.60. The molecular formula is C16H15F3N6OS. The van der Waals surface area contributed by atoms with Gasteiger partial charge in [0.2, 0.25) is 0 Å². The van der Waals surface area contributed by atoms with E-state index in [0.29, 0.717) is 29.2 Å². The Kier molecular flexibility index (Phi) is 4.33. The molecule has 0 N–H and O–H groups in total. The topological polar surface area (TPSA) is 76.8 Å². The zero-order valence-electron chi connectivity index (χ0n) is 14.3. The third-order valence-corrected chi connectivity index (χ3v) is 5.49. The van der Waals surface area contributed by atoms with E-state index < -0.39 is 11.7 Å². The summed E-state index contributed by atoms with van der Waals surface area (Å²) >= 11 is 1.06. The van der Waals surface area contributed by atoms with Crippen molar-refractivity contribution < 1.29 is 18.0 Å². The van der Waals surface area contributed by atoms with Crippen molar-refractivity contribution in [1.29, 1.82) is 0 Å². The molecule has 0 bridgehead atoms. The lowest BCUT2D eigenvalue weighted by Gasteiger charge is -2.32. The number of rotatable bonds is 2. The van der Waals surface area contributed by atoms with Crippen LogP contribution < -0.4 is 0 Å². The fraction of sp³-hybridized carbons (Fsp3) is 0.438. The fourth-order valence-electron chi connectivity index (χ4n) is 3.30. The number of alkyl halides is 3. The standard InChI is InChI=1S/C16H15F3N6OS/c1-9-14(27-23-20-9)15(26)24-6-2-3-11(8-24)25-13-5-4-10(16(17,18)19)7-12(13)21-22-25/h4-5,7,11H,2-3,6,8H2,1H3. The van der Waals surface area contributed by atoms with Crippen molar-refractivity contribution in [3.8, 4) is 0 Å². The molecule has 3 heterocycles. The smallest absolute Gasteiger partial charge is 0.336 e. The minimum atomic E-state index is -4.42. The number of likely N-dealkylation sites (tertiary alicyclic amines) is 1. The van der Waals surface area contributed by atoms with Crippen molar-refractivity contribution in [1.82, 2.24) is 29.5 Å². The van der Waals surface area contributed by atoms with E-state index in [9.17, 15) is 18.0 Å². The highest BCUT2D eigenvalue weighted by Gasteiger charge is 2.32. The molecule has 11 heteroatoms. The molecular weight excluding hydrogens is 381 g/mol. The average molecular weight is 396 g/mol. The van der Waals surface area contributed by atoms with Gasteiger partial charge in [0.15, 0.2) is 0 Å². The van der Waals surface area contributed by atoms with Crippen molar-refractivity contribution in [3.63, 3.8) is 0 Å². The number of hydrogen-bond acceptors (Lipinski definition) is 6. The van der Waals surface area contributed by atoms with Gasteiger partial charge in [-0.2, -0.15) is 13.2 Å². The van der Waals surface area contributed by atoms with Gasteiger partial charge in [-0.1, -0.05) is 9.70 Å². The van der Waals surface area contributed by atoms with E-state index in [1.165, 1.54) is 6.07 Å². The van der Waals surface area contributed by atoms with Crippen LogP contribution in [-0.2, 0) is 6.18 Å². The van der Waals surface area contributed by atoms with Gasteiger partial charge < -0.3 is 4.90 Å². The molecule has 1 unspecified atom stereocenters. The summed E-state index contributed by atoms with van der Waals surface area (Å²) in [6.07, 6.45) is -2.89. The van der Waals surface area contributed by atoms with Crippen LogP contribution in [0, 0.1) is 6.92 Å². The van der Waals surface area contributed by atoms with Crippen LogP contribution in [0.15, 0.2) is 18.2 Å². The summed E-state index contributed by atoms with van der Waals surface area (Å²) in [6, 6.07) is 3.26. The van der Waals surface area contributed by atoms with E-state index in [4.69, 9.17) is 0 Å². The van der Waals surface area contributed by atoms with Gasteiger partial charge >= 0.3 is 6.18 Å². The van der Waals surface area contributed by atoms with E-state index >= 15 is 0 Å². The third kappa shape index (κ3) is 3.27. The summed E-state index contributed by atoms with van der Waals surface area (Å²) in [6.45, 7) is 2.76. The number of carbonyl (C=O) groups is 1. The number of nitrogens with zero attached hydrogens (tertiary/aromatic N) is 6. The molecule has 0 spiro atoms. The molecule has 7 nitrogen and oxygen atoms in total. The Morgan fingerprint density at radius 1 is 1.30 bits per heavy atom. The first kappa shape index (κ1) is 17.8. The van der Waals surface area contributed by atoms with Crippen LogP contribution in [0.5, 0.6) is 0 Å². The van der Waals surface area contributed by atoms with Crippen molar-refractivity contribution in [2.45, 2.75) is 32.0 Å². The second-order valence-electron chi connectivity index (χ2n) is 6.47. The second-order valence-corrected chi connectivity index (χ2v) is 7.22. The average Bonchev–Trinajstić information content (AvgIpc) is 3.26. The molecule has 4 rings (SSSR count). The van der Waals surface area contributed by atoms with Crippen LogP contribution in [-0.4, -0.2) is 48.5 Å². The van der Waals surface area contributed by atoms with Crippen LogP contribution in [0.2, 0.25) is 0 Å². The second kappa shape index (κ2) is 6.55. The lowest BCUT2D eigenvalue weighted by molar-refractivity contribution is -0.137. The normalized spacial score (nSPS) is 18.2. The third-order valence-electron chi connectivity index (χ3n) is 4.67. The molecule has 0 aliphatic carbocycles. The highest BCUT2D eigenvalue weighted by molar-refractivity contribution is 7.07. The molecule has 142 valence electrons. The monoisotopic (exact) mass is 396 g/mol. The first-order valence-corrected chi connectivity index (χ1v) is 9.12. The number of hydrogen-bond donors (Lipinski definition) is 0. The van der Waals surface area contributed by atoms with Crippen LogP contribution >= 0.6 is 11.5 Å². The fourth-order valence-corrected chi connectivity index (χ4v) is 3.92. The number of aromatic nitrogens is 5. The summed E-state index contributed by atoms with van der Waals surface area (Å²) in [5.74, 6) is -0.129. The SMILES string of the molecule is Cc1nnsc1C(=O)N1CCCC(n2nnc3cc(C(F)(F)F)ccc32)C1. The van der Waals surface area contributed by atoms with Gasteiger partial charge in [-0.3, -0.25) is 4.79 Å². The van der Waals surface area contributed by atoms with Crippen molar-refractivity contribution >= 4 is 28.5 Å². The van der Waals surface area contributed by atoms with Gasteiger partial charge in [0.05, 0.1) is 22.8 Å². The maximum absolute atomic E-state index is 12.9. The van der Waals surface area contributed by atoms with E-state index in [1.54, 1.807) is 16.5 Å². The molecule has 0 radical (unpaired) electrons. The molecule has 1 atom stereocenters. The molecule has 2 aromatic heterocycles. The summed E-state index contributed by atoms with van der Waals surface area (Å²) in [5.41, 5.74) is 0.558. The summed E-state index contributed by atoms with van der Waals surface area (Å²) < 4.78 is 44.0. The van der Waals surface area contributed by atoms with Gasteiger partial charge in [-0.05, 0) is 49.5 Å². The number of halogens is 3. The number of benzene rings is 1. The summed E-state index contributed by atoms with van der Waals surface area (Å²) in [7, 11) is 0. The Morgan fingerprint density at radius 2 is 2.11 bits per heavy atom. The van der Waals surface area contributed by atoms with E-state index in [2.05, 4.69) is 19.9 Å². The van der Waals surface area contributed by atoms with Gasteiger partial charge in [-0.15, -0.1) is 10.2 Å². The van der Waals surface area contributed by atoms with Gasteiger partial charge in [0.25, 0.3) is 5.91 Å². The molecule has 1 saturated heterocycles. The number of piperidine rings is 1. The Hall–Kier alpha value is -2.56. The van der Waals surface area contributed by atoms with Gasteiger partial charge in [0.1, 0.15) is 10.4 Å². The first-order chi connectivity index (χ1) is 12.8. The Bertz CT molecular complexity index is 998. The van der Waals surface area contributed by atoms with Crippen LogP contribution in [0.1, 0.15) is 39.8 Å². The number of carbonyl (C=O) groups excluding carboxylic acids is 1. The maximum atomic E-state index is 12.9. The molecule has 1 fully saturated rings. The molecule has 1 aliphatic heterocycles. The summed E-state index contributed by atoms with van der Waals surface area (Å²) in [4.78, 5) is 14.9. The lowest BCUT2D eigenvalue weighted by atomic mass is 10.0. The van der Waals surface area contributed by atoms with Crippen molar-refractivity contribution in [2.75, 3.05) is 13.1 Å². The predicted octanol–water partition coefficient (Wildman–Crippen LogP) is 3.09. The Labute approximate surface area is 155 Å². The number of fused-ring (bicyclic) bond motifs is 1. The van der Waals surface area contributed by atoms with Crippen molar-refractivity contribution in [3.05, 3.63) is 34.3 Å². The maximum Gasteiger partial charge on any atom is 0.416 e. The molecule has 3 aromatic rings. The Morgan fingerprint density at radius 3 is 2.81 bits per heavy atom. The zero-order chi connectivity index (χ0) is 19.2. The largest absolute Gasteiger partial charge is 0.416 e. The number of aryl methyl sites for hydroxylation is 1.